The lowest BCUT2D eigenvalue weighted by molar-refractivity contribution is 0.223. The zero-order valence-electron chi connectivity index (χ0n) is 10.5. The van der Waals surface area contributed by atoms with Crippen LogP contribution >= 0.6 is 0 Å². The van der Waals surface area contributed by atoms with Crippen LogP contribution in [0, 0.1) is 5.92 Å². The van der Waals surface area contributed by atoms with Crippen LogP contribution in [0.5, 0.6) is 0 Å². The fourth-order valence-electron chi connectivity index (χ4n) is 2.23. The molecule has 4 nitrogen and oxygen atoms in total. The molecule has 2 N–H and O–H groups in total. The van der Waals surface area contributed by atoms with Crippen molar-refractivity contribution in [2.75, 3.05) is 33.7 Å². The normalized spacial score (nSPS) is 24.8. The molecule has 0 spiro atoms. The molecule has 1 saturated heterocycles. The van der Waals surface area contributed by atoms with E-state index in [0.29, 0.717) is 6.04 Å². The van der Waals surface area contributed by atoms with Gasteiger partial charge in [0.1, 0.15) is 0 Å². The van der Waals surface area contributed by atoms with E-state index in [1.807, 2.05) is 0 Å². The Morgan fingerprint density at radius 2 is 1.94 bits per heavy atom. The predicted octanol–water partition coefficient (Wildman–Crippen LogP) is 0.737. The number of aliphatic imine (C=N–C) groups is 1. The van der Waals surface area contributed by atoms with E-state index in [1.54, 1.807) is 0 Å². The topological polar surface area (TPSA) is 44.9 Å². The first-order chi connectivity index (χ1) is 7.66. The minimum atomic E-state index is 0.668. The summed E-state index contributed by atoms with van der Waals surface area (Å²) in [5.41, 5.74) is 5.97. The molecule has 0 bridgehead atoms. The summed E-state index contributed by atoms with van der Waals surface area (Å²) in [7, 11) is 4.25. The molecular formula is C12H24N4. The standard InChI is InChI=1S/C12H24N4/c1-15-7-5-10(6-8-15)9-14-12(13)16(2)11-3-4-11/h10-11H,3-9H2,1-2H3,(H2,13,14). The maximum Gasteiger partial charge on any atom is 0.191 e. The van der Waals surface area contributed by atoms with E-state index < -0.39 is 0 Å². The van der Waals surface area contributed by atoms with E-state index in [2.05, 4.69) is 28.9 Å². The fourth-order valence-corrected chi connectivity index (χ4v) is 2.23. The van der Waals surface area contributed by atoms with Crippen molar-refractivity contribution in [2.24, 2.45) is 16.6 Å². The summed E-state index contributed by atoms with van der Waals surface area (Å²) >= 11 is 0. The quantitative estimate of drug-likeness (QED) is 0.568. The first-order valence-electron chi connectivity index (χ1n) is 6.38. The van der Waals surface area contributed by atoms with Gasteiger partial charge in [0, 0.05) is 19.6 Å². The fraction of sp³-hybridized carbons (Fsp3) is 0.917. The van der Waals surface area contributed by atoms with Crippen molar-refractivity contribution >= 4 is 5.96 Å². The van der Waals surface area contributed by atoms with Gasteiger partial charge in [-0.15, -0.1) is 0 Å². The number of hydrogen-bond donors (Lipinski definition) is 1. The minimum absolute atomic E-state index is 0.668. The summed E-state index contributed by atoms with van der Waals surface area (Å²) in [6, 6.07) is 0.668. The van der Waals surface area contributed by atoms with Crippen molar-refractivity contribution in [1.29, 1.82) is 0 Å². The summed E-state index contributed by atoms with van der Waals surface area (Å²) in [4.78, 5) is 9.06. The lowest BCUT2D eigenvalue weighted by Gasteiger charge is -2.28. The summed E-state index contributed by atoms with van der Waals surface area (Å²) < 4.78 is 0. The number of piperidine rings is 1. The molecule has 0 radical (unpaired) electrons. The van der Waals surface area contributed by atoms with Crippen molar-refractivity contribution in [3.8, 4) is 0 Å². The molecule has 92 valence electrons. The molecule has 1 aliphatic carbocycles. The van der Waals surface area contributed by atoms with Gasteiger partial charge >= 0.3 is 0 Å². The molecule has 0 aromatic heterocycles. The first kappa shape index (κ1) is 11.7. The highest BCUT2D eigenvalue weighted by Crippen LogP contribution is 2.25. The van der Waals surface area contributed by atoms with Gasteiger partial charge in [0.2, 0.25) is 0 Å². The third-order valence-corrected chi connectivity index (χ3v) is 3.81. The zero-order valence-corrected chi connectivity index (χ0v) is 10.5. The Morgan fingerprint density at radius 1 is 1.31 bits per heavy atom. The van der Waals surface area contributed by atoms with E-state index in [9.17, 15) is 0 Å². The van der Waals surface area contributed by atoms with E-state index in [-0.39, 0.29) is 0 Å². The van der Waals surface area contributed by atoms with Gasteiger partial charge in [-0.25, -0.2) is 0 Å². The van der Waals surface area contributed by atoms with Crippen molar-refractivity contribution < 1.29 is 0 Å². The monoisotopic (exact) mass is 224 g/mol. The largest absolute Gasteiger partial charge is 0.370 e. The molecule has 0 aromatic rings. The maximum absolute atomic E-state index is 5.97. The molecule has 1 saturated carbocycles. The van der Waals surface area contributed by atoms with Gasteiger partial charge in [0.05, 0.1) is 0 Å². The predicted molar refractivity (Wildman–Crippen MR) is 67.5 cm³/mol. The van der Waals surface area contributed by atoms with Gasteiger partial charge in [-0.05, 0) is 51.7 Å². The van der Waals surface area contributed by atoms with E-state index in [1.165, 1.54) is 38.8 Å². The Kier molecular flexibility index (Phi) is 3.69. The highest BCUT2D eigenvalue weighted by molar-refractivity contribution is 5.78. The second kappa shape index (κ2) is 5.04. The van der Waals surface area contributed by atoms with E-state index in [4.69, 9.17) is 5.73 Å². The van der Waals surface area contributed by atoms with Crippen LogP contribution in [0.25, 0.3) is 0 Å². The average Bonchev–Trinajstić information content (AvgIpc) is 3.11. The van der Waals surface area contributed by atoms with Gasteiger partial charge in [0.25, 0.3) is 0 Å². The Bertz CT molecular complexity index is 252. The van der Waals surface area contributed by atoms with Gasteiger partial charge in [-0.1, -0.05) is 0 Å². The van der Waals surface area contributed by atoms with E-state index >= 15 is 0 Å². The molecule has 1 heterocycles. The molecule has 2 aliphatic rings. The van der Waals surface area contributed by atoms with Crippen LogP contribution in [0.15, 0.2) is 4.99 Å². The third kappa shape index (κ3) is 3.11. The molecule has 2 rings (SSSR count). The summed E-state index contributed by atoms with van der Waals surface area (Å²) in [6.07, 6.45) is 5.09. The van der Waals surface area contributed by atoms with Crippen molar-refractivity contribution in [1.82, 2.24) is 9.80 Å². The van der Waals surface area contributed by atoms with Crippen molar-refractivity contribution in [3.63, 3.8) is 0 Å². The van der Waals surface area contributed by atoms with Crippen LogP contribution in [0.4, 0.5) is 0 Å². The molecular weight excluding hydrogens is 200 g/mol. The molecule has 0 amide bonds. The van der Waals surface area contributed by atoms with Gasteiger partial charge < -0.3 is 15.5 Å². The van der Waals surface area contributed by atoms with Crippen molar-refractivity contribution in [3.05, 3.63) is 0 Å². The Hall–Kier alpha value is -0.770. The van der Waals surface area contributed by atoms with Gasteiger partial charge in [-0.3, -0.25) is 4.99 Å². The van der Waals surface area contributed by atoms with Crippen LogP contribution < -0.4 is 5.73 Å². The Morgan fingerprint density at radius 3 is 2.50 bits per heavy atom. The number of rotatable bonds is 3. The minimum Gasteiger partial charge on any atom is -0.370 e. The molecule has 1 aliphatic heterocycles. The number of nitrogens with two attached hydrogens (primary N) is 1. The SMILES string of the molecule is CN1CCC(CN=C(N)N(C)C2CC2)CC1. The molecule has 0 atom stereocenters. The molecule has 0 aromatic carbocycles. The lowest BCUT2D eigenvalue weighted by atomic mass is 9.97. The molecule has 16 heavy (non-hydrogen) atoms. The van der Waals surface area contributed by atoms with E-state index in [0.717, 1.165) is 18.4 Å². The maximum atomic E-state index is 5.97. The zero-order chi connectivity index (χ0) is 11.5. The number of hydrogen-bond acceptors (Lipinski definition) is 2. The van der Waals surface area contributed by atoms with Gasteiger partial charge in [-0.2, -0.15) is 0 Å². The van der Waals surface area contributed by atoms with Crippen LogP contribution in [0.2, 0.25) is 0 Å². The highest BCUT2D eigenvalue weighted by atomic mass is 15.3. The summed E-state index contributed by atoms with van der Waals surface area (Å²) in [6.45, 7) is 3.33. The van der Waals surface area contributed by atoms with Crippen LogP contribution in [-0.2, 0) is 0 Å². The number of guanidine groups is 1. The second-order valence-corrected chi connectivity index (χ2v) is 5.29. The van der Waals surface area contributed by atoms with Crippen LogP contribution in [0.3, 0.4) is 0 Å². The number of nitrogens with zero attached hydrogens (tertiary/aromatic N) is 3. The average molecular weight is 224 g/mol. The van der Waals surface area contributed by atoms with Crippen LogP contribution in [-0.4, -0.2) is 55.5 Å². The molecule has 0 unspecified atom stereocenters. The lowest BCUT2D eigenvalue weighted by Crippen LogP contribution is -2.37. The molecule has 4 heteroatoms. The highest BCUT2D eigenvalue weighted by Gasteiger charge is 2.27. The Balaban J connectivity index is 1.74. The van der Waals surface area contributed by atoms with Crippen LogP contribution in [0.1, 0.15) is 25.7 Å². The second-order valence-electron chi connectivity index (χ2n) is 5.29. The smallest absolute Gasteiger partial charge is 0.191 e. The first-order valence-corrected chi connectivity index (χ1v) is 6.38. The summed E-state index contributed by atoms with van der Waals surface area (Å²) in [5, 5.41) is 0. The number of likely N-dealkylation sites (tertiary alicyclic amines) is 1. The summed E-state index contributed by atoms with van der Waals surface area (Å²) in [5.74, 6) is 1.48. The Labute approximate surface area is 98.5 Å². The van der Waals surface area contributed by atoms with Gasteiger partial charge in [0.15, 0.2) is 5.96 Å². The van der Waals surface area contributed by atoms with Crippen molar-refractivity contribution in [2.45, 2.75) is 31.7 Å². The molecule has 2 fully saturated rings. The third-order valence-electron chi connectivity index (χ3n) is 3.81.